The number of aryl methyl sites for hydroxylation is 2. The highest BCUT2D eigenvalue weighted by atomic mass is 16.1. The van der Waals surface area contributed by atoms with Crippen LogP contribution in [0.1, 0.15) is 46.4 Å². The van der Waals surface area contributed by atoms with E-state index in [-0.39, 0.29) is 11.9 Å². The third kappa shape index (κ3) is 2.46. The van der Waals surface area contributed by atoms with E-state index in [1.165, 1.54) is 16.7 Å². The number of amides is 1. The Kier molecular flexibility index (Phi) is 3.55. The van der Waals surface area contributed by atoms with Gasteiger partial charge in [0.2, 0.25) is 0 Å². The summed E-state index contributed by atoms with van der Waals surface area (Å²) in [5.41, 5.74) is 4.59. The van der Waals surface area contributed by atoms with Gasteiger partial charge in [-0.3, -0.25) is 4.79 Å². The fourth-order valence-corrected chi connectivity index (χ4v) is 2.88. The van der Waals surface area contributed by atoms with E-state index < -0.39 is 0 Å². The van der Waals surface area contributed by atoms with Crippen LogP contribution in [-0.2, 0) is 12.8 Å². The number of fused-ring (bicyclic) bond motifs is 1. The van der Waals surface area contributed by atoms with Crippen molar-refractivity contribution in [1.82, 2.24) is 5.32 Å². The highest BCUT2D eigenvalue weighted by Crippen LogP contribution is 2.30. The van der Waals surface area contributed by atoms with Crippen molar-refractivity contribution >= 4 is 5.91 Å². The third-order valence-electron chi connectivity index (χ3n) is 4.04. The number of hydrogen-bond donors (Lipinski definition) is 1. The van der Waals surface area contributed by atoms with Gasteiger partial charge in [0.15, 0.2) is 0 Å². The summed E-state index contributed by atoms with van der Waals surface area (Å²) in [6.45, 7) is 2.10. The molecular formula is C18H19NO. The Morgan fingerprint density at radius 3 is 2.90 bits per heavy atom. The van der Waals surface area contributed by atoms with Crippen molar-refractivity contribution in [2.75, 3.05) is 0 Å². The summed E-state index contributed by atoms with van der Waals surface area (Å²) in [6.07, 6.45) is 3.00. The van der Waals surface area contributed by atoms with Crippen molar-refractivity contribution in [3.8, 4) is 0 Å². The van der Waals surface area contributed by atoms with Gasteiger partial charge in [-0.25, -0.2) is 0 Å². The van der Waals surface area contributed by atoms with Crippen molar-refractivity contribution in [2.45, 2.75) is 32.2 Å². The lowest BCUT2D eigenvalue weighted by molar-refractivity contribution is 0.0936. The van der Waals surface area contributed by atoms with Crippen LogP contribution in [0.25, 0.3) is 0 Å². The van der Waals surface area contributed by atoms with Crippen LogP contribution in [0.3, 0.4) is 0 Å². The molecule has 2 heteroatoms. The van der Waals surface area contributed by atoms with E-state index in [9.17, 15) is 4.79 Å². The van der Waals surface area contributed by atoms with E-state index in [1.807, 2.05) is 24.3 Å². The lowest BCUT2D eigenvalue weighted by Crippen LogP contribution is -2.27. The second-order valence-corrected chi connectivity index (χ2v) is 5.32. The standard InChI is InChI=1S/C18H19NO/c1-2-13-6-5-8-15(12-13)18(20)19-17-11-10-14-7-3-4-9-16(14)17/h3-9,12,17H,2,10-11H2,1H3,(H,19,20). The summed E-state index contributed by atoms with van der Waals surface area (Å²) in [4.78, 5) is 12.4. The molecule has 2 aromatic carbocycles. The molecule has 20 heavy (non-hydrogen) atoms. The van der Waals surface area contributed by atoms with Crippen molar-refractivity contribution in [1.29, 1.82) is 0 Å². The minimum Gasteiger partial charge on any atom is -0.345 e. The number of carbonyl (C=O) groups excluding carboxylic acids is 1. The lowest BCUT2D eigenvalue weighted by Gasteiger charge is -2.14. The molecular weight excluding hydrogens is 246 g/mol. The van der Waals surface area contributed by atoms with Crippen molar-refractivity contribution in [3.63, 3.8) is 0 Å². The summed E-state index contributed by atoms with van der Waals surface area (Å²) in [7, 11) is 0. The smallest absolute Gasteiger partial charge is 0.251 e. The molecule has 3 rings (SSSR count). The lowest BCUT2D eigenvalue weighted by atomic mass is 10.1. The Bertz CT molecular complexity index is 633. The molecule has 1 amide bonds. The number of rotatable bonds is 3. The van der Waals surface area contributed by atoms with Gasteiger partial charge in [-0.05, 0) is 48.1 Å². The SMILES string of the molecule is CCc1cccc(C(=O)NC2CCc3ccccc32)c1. The molecule has 0 heterocycles. The Balaban J connectivity index is 1.77. The molecule has 1 N–H and O–H groups in total. The van der Waals surface area contributed by atoms with Crippen LogP contribution < -0.4 is 5.32 Å². The molecule has 0 aliphatic heterocycles. The number of hydrogen-bond acceptors (Lipinski definition) is 1. The van der Waals surface area contributed by atoms with Gasteiger partial charge in [-0.15, -0.1) is 0 Å². The average molecular weight is 265 g/mol. The molecule has 1 atom stereocenters. The van der Waals surface area contributed by atoms with E-state index in [0.29, 0.717) is 0 Å². The molecule has 1 unspecified atom stereocenters. The zero-order valence-corrected chi connectivity index (χ0v) is 11.7. The molecule has 0 saturated heterocycles. The molecule has 2 aromatic rings. The maximum atomic E-state index is 12.4. The minimum absolute atomic E-state index is 0.0296. The predicted octanol–water partition coefficient (Wildman–Crippen LogP) is 3.67. The first-order chi connectivity index (χ1) is 9.78. The second-order valence-electron chi connectivity index (χ2n) is 5.32. The van der Waals surface area contributed by atoms with Crippen LogP contribution in [0, 0.1) is 0 Å². The molecule has 0 saturated carbocycles. The third-order valence-corrected chi connectivity index (χ3v) is 4.04. The topological polar surface area (TPSA) is 29.1 Å². The summed E-state index contributed by atoms with van der Waals surface area (Å²) in [5.74, 6) is 0.0296. The van der Waals surface area contributed by atoms with Gasteiger partial charge in [0, 0.05) is 5.56 Å². The van der Waals surface area contributed by atoms with E-state index in [4.69, 9.17) is 0 Å². The molecule has 0 radical (unpaired) electrons. The quantitative estimate of drug-likeness (QED) is 0.901. The molecule has 1 aliphatic carbocycles. The first kappa shape index (κ1) is 12.9. The molecule has 0 spiro atoms. The van der Waals surface area contributed by atoms with E-state index in [2.05, 4.69) is 36.5 Å². The van der Waals surface area contributed by atoms with Gasteiger partial charge >= 0.3 is 0 Å². The summed E-state index contributed by atoms with van der Waals surface area (Å²) >= 11 is 0. The van der Waals surface area contributed by atoms with Gasteiger partial charge in [-0.1, -0.05) is 43.3 Å². The average Bonchev–Trinajstić information content (AvgIpc) is 2.90. The van der Waals surface area contributed by atoms with Gasteiger partial charge < -0.3 is 5.32 Å². The molecule has 2 nitrogen and oxygen atoms in total. The Hall–Kier alpha value is -2.09. The number of benzene rings is 2. The maximum absolute atomic E-state index is 12.4. The van der Waals surface area contributed by atoms with Crippen LogP contribution in [0.15, 0.2) is 48.5 Å². The maximum Gasteiger partial charge on any atom is 0.251 e. The summed E-state index contributed by atoms with van der Waals surface area (Å²) in [6, 6.07) is 16.4. The molecule has 102 valence electrons. The van der Waals surface area contributed by atoms with E-state index in [1.54, 1.807) is 0 Å². The van der Waals surface area contributed by atoms with Crippen molar-refractivity contribution in [2.24, 2.45) is 0 Å². The van der Waals surface area contributed by atoms with Crippen molar-refractivity contribution < 1.29 is 4.79 Å². The van der Waals surface area contributed by atoms with Gasteiger partial charge in [0.1, 0.15) is 0 Å². The fraction of sp³-hybridized carbons (Fsp3) is 0.278. The first-order valence-corrected chi connectivity index (χ1v) is 7.25. The van der Waals surface area contributed by atoms with Gasteiger partial charge in [0.25, 0.3) is 5.91 Å². The largest absolute Gasteiger partial charge is 0.345 e. The molecule has 1 aliphatic rings. The van der Waals surface area contributed by atoms with Gasteiger partial charge in [-0.2, -0.15) is 0 Å². The van der Waals surface area contributed by atoms with Crippen LogP contribution in [0.4, 0.5) is 0 Å². The summed E-state index contributed by atoms with van der Waals surface area (Å²) < 4.78 is 0. The van der Waals surface area contributed by atoms with E-state index >= 15 is 0 Å². The zero-order chi connectivity index (χ0) is 13.9. The predicted molar refractivity (Wildman–Crippen MR) is 80.8 cm³/mol. The van der Waals surface area contributed by atoms with Crippen molar-refractivity contribution in [3.05, 3.63) is 70.8 Å². The zero-order valence-electron chi connectivity index (χ0n) is 11.7. The molecule has 0 fully saturated rings. The van der Waals surface area contributed by atoms with Crippen LogP contribution in [-0.4, -0.2) is 5.91 Å². The molecule has 0 bridgehead atoms. The fourth-order valence-electron chi connectivity index (χ4n) is 2.88. The second kappa shape index (κ2) is 5.49. The Morgan fingerprint density at radius 1 is 1.20 bits per heavy atom. The highest BCUT2D eigenvalue weighted by molar-refractivity contribution is 5.94. The van der Waals surface area contributed by atoms with Crippen LogP contribution in [0.2, 0.25) is 0 Å². The minimum atomic E-state index is 0.0296. The molecule has 0 aromatic heterocycles. The Morgan fingerprint density at radius 2 is 2.05 bits per heavy atom. The van der Waals surface area contributed by atoms with E-state index in [0.717, 1.165) is 24.8 Å². The summed E-state index contributed by atoms with van der Waals surface area (Å²) in [5, 5.41) is 3.16. The number of nitrogens with one attached hydrogen (secondary N) is 1. The highest BCUT2D eigenvalue weighted by Gasteiger charge is 2.23. The number of carbonyl (C=O) groups is 1. The first-order valence-electron chi connectivity index (χ1n) is 7.25. The van der Waals surface area contributed by atoms with Crippen LogP contribution >= 0.6 is 0 Å². The van der Waals surface area contributed by atoms with Gasteiger partial charge in [0.05, 0.1) is 6.04 Å². The monoisotopic (exact) mass is 265 g/mol. The Labute approximate surface area is 119 Å². The van der Waals surface area contributed by atoms with Crippen LogP contribution in [0.5, 0.6) is 0 Å². The normalized spacial score (nSPS) is 16.8.